The summed E-state index contributed by atoms with van der Waals surface area (Å²) >= 11 is 4.40. The summed E-state index contributed by atoms with van der Waals surface area (Å²) < 4.78 is 10.4. The van der Waals surface area contributed by atoms with Crippen LogP contribution >= 0.6 is 27.7 Å². The second kappa shape index (κ2) is 11.0. The first kappa shape index (κ1) is 22.9. The molecule has 29 heavy (non-hydrogen) atoms. The molecule has 0 fully saturated rings. The SMILES string of the molecule is COCCNC(=O)CSC1=C(C#N)[C@H](c2cccc(Br)c2)[C@H](C(=O)OC)C(=O)N1. The van der Waals surface area contributed by atoms with Crippen LogP contribution in [0.4, 0.5) is 0 Å². The third-order valence-electron chi connectivity index (χ3n) is 4.17. The lowest BCUT2D eigenvalue weighted by atomic mass is 9.78. The molecule has 1 aromatic rings. The van der Waals surface area contributed by atoms with Gasteiger partial charge in [0.1, 0.15) is 5.92 Å². The molecule has 10 heteroatoms. The third kappa shape index (κ3) is 5.82. The van der Waals surface area contributed by atoms with E-state index in [4.69, 9.17) is 9.47 Å². The van der Waals surface area contributed by atoms with Gasteiger partial charge in [-0.05, 0) is 17.7 Å². The summed E-state index contributed by atoms with van der Waals surface area (Å²) in [5, 5.41) is 15.3. The van der Waals surface area contributed by atoms with Gasteiger partial charge in [-0.1, -0.05) is 39.8 Å². The fourth-order valence-electron chi connectivity index (χ4n) is 2.86. The Hall–Kier alpha value is -2.35. The highest BCUT2D eigenvalue weighted by molar-refractivity contribution is 9.10. The Balaban J connectivity index is 2.37. The number of amides is 2. The van der Waals surface area contributed by atoms with Crippen molar-refractivity contribution in [3.8, 4) is 6.07 Å². The van der Waals surface area contributed by atoms with Gasteiger partial charge in [0.2, 0.25) is 11.8 Å². The van der Waals surface area contributed by atoms with Gasteiger partial charge in [0.05, 0.1) is 36.1 Å². The van der Waals surface area contributed by atoms with Crippen molar-refractivity contribution in [1.29, 1.82) is 5.26 Å². The van der Waals surface area contributed by atoms with Gasteiger partial charge in [-0.3, -0.25) is 14.4 Å². The Labute approximate surface area is 181 Å². The van der Waals surface area contributed by atoms with Gasteiger partial charge in [-0.2, -0.15) is 5.26 Å². The number of methoxy groups -OCH3 is 2. The molecule has 0 spiro atoms. The summed E-state index contributed by atoms with van der Waals surface area (Å²) in [6, 6.07) is 9.14. The van der Waals surface area contributed by atoms with Crippen LogP contribution in [0.2, 0.25) is 0 Å². The number of halogens is 1. The number of rotatable bonds is 8. The molecular formula is C19H20BrN3O5S. The van der Waals surface area contributed by atoms with E-state index in [0.29, 0.717) is 18.7 Å². The zero-order chi connectivity index (χ0) is 21.4. The van der Waals surface area contributed by atoms with Crippen LogP contribution < -0.4 is 10.6 Å². The molecule has 8 nitrogen and oxygen atoms in total. The molecule has 2 rings (SSSR count). The van der Waals surface area contributed by atoms with Gasteiger partial charge in [-0.25, -0.2) is 0 Å². The Bertz CT molecular complexity index is 868. The van der Waals surface area contributed by atoms with Crippen molar-refractivity contribution >= 4 is 45.5 Å². The van der Waals surface area contributed by atoms with E-state index in [9.17, 15) is 19.6 Å². The number of ether oxygens (including phenoxy) is 2. The number of nitrogens with one attached hydrogen (secondary N) is 2. The molecule has 2 atom stereocenters. The first-order valence-corrected chi connectivity index (χ1v) is 10.4. The molecule has 0 radical (unpaired) electrons. The summed E-state index contributed by atoms with van der Waals surface area (Å²) in [5.41, 5.74) is 0.816. The molecular weight excluding hydrogens is 462 g/mol. The third-order valence-corrected chi connectivity index (χ3v) is 5.68. The van der Waals surface area contributed by atoms with E-state index in [-0.39, 0.29) is 22.3 Å². The topological polar surface area (TPSA) is 118 Å². The average molecular weight is 482 g/mol. The van der Waals surface area contributed by atoms with Gasteiger partial charge in [0.25, 0.3) is 0 Å². The molecule has 1 aliphatic heterocycles. The normalized spacial score (nSPS) is 18.6. The predicted octanol–water partition coefficient (Wildman–Crippen LogP) is 1.68. The van der Waals surface area contributed by atoms with Crippen molar-refractivity contribution in [3.05, 3.63) is 44.9 Å². The lowest BCUT2D eigenvalue weighted by Crippen LogP contribution is -2.44. The van der Waals surface area contributed by atoms with E-state index in [2.05, 4.69) is 32.6 Å². The molecule has 0 aromatic heterocycles. The minimum Gasteiger partial charge on any atom is -0.468 e. The number of hydrogen-bond donors (Lipinski definition) is 2. The van der Waals surface area contributed by atoms with E-state index in [1.807, 2.05) is 0 Å². The van der Waals surface area contributed by atoms with E-state index in [1.54, 1.807) is 24.3 Å². The van der Waals surface area contributed by atoms with E-state index in [0.717, 1.165) is 16.2 Å². The molecule has 1 aromatic carbocycles. The highest BCUT2D eigenvalue weighted by Gasteiger charge is 2.44. The zero-order valence-corrected chi connectivity index (χ0v) is 18.3. The number of nitrogens with zero attached hydrogens (tertiary/aromatic N) is 1. The molecule has 0 unspecified atom stereocenters. The Morgan fingerprint density at radius 2 is 2.14 bits per heavy atom. The lowest BCUT2D eigenvalue weighted by Gasteiger charge is -2.31. The smallest absolute Gasteiger partial charge is 0.319 e. The maximum atomic E-state index is 12.7. The number of nitriles is 1. The van der Waals surface area contributed by atoms with Crippen LogP contribution in [-0.2, 0) is 23.9 Å². The number of benzene rings is 1. The number of thioether (sulfide) groups is 1. The number of carbonyl (C=O) groups is 3. The molecule has 0 bridgehead atoms. The lowest BCUT2D eigenvalue weighted by molar-refractivity contribution is -0.150. The largest absolute Gasteiger partial charge is 0.468 e. The molecule has 2 N–H and O–H groups in total. The number of allylic oxidation sites excluding steroid dienone is 1. The predicted molar refractivity (Wildman–Crippen MR) is 111 cm³/mol. The van der Waals surface area contributed by atoms with Crippen LogP contribution in [0.5, 0.6) is 0 Å². The minimum absolute atomic E-state index is 0.00139. The quantitative estimate of drug-likeness (QED) is 0.329. The number of carbonyl (C=O) groups excluding carboxylic acids is 3. The van der Waals surface area contributed by atoms with Crippen molar-refractivity contribution in [3.63, 3.8) is 0 Å². The van der Waals surface area contributed by atoms with E-state index in [1.165, 1.54) is 14.2 Å². The molecule has 0 aliphatic carbocycles. The standard InChI is InChI=1S/C19H20BrN3O5S/c1-27-7-6-22-14(24)10-29-18-13(9-21)15(11-4-3-5-12(20)8-11)16(17(25)23-18)19(26)28-2/h3-5,8,15-16H,6-7,10H2,1-2H3,(H,22,24)(H,23,25)/t15-,16-/m0/s1. The Morgan fingerprint density at radius 1 is 1.38 bits per heavy atom. The van der Waals surface area contributed by atoms with Crippen LogP contribution in [-0.4, -0.2) is 50.9 Å². The summed E-state index contributed by atoms with van der Waals surface area (Å²) in [6.45, 7) is 0.739. The summed E-state index contributed by atoms with van der Waals surface area (Å²) in [7, 11) is 2.72. The highest BCUT2D eigenvalue weighted by atomic mass is 79.9. The molecule has 1 aliphatic rings. The minimum atomic E-state index is -1.20. The van der Waals surface area contributed by atoms with Crippen LogP contribution in [0.3, 0.4) is 0 Å². The van der Waals surface area contributed by atoms with Gasteiger partial charge in [0, 0.05) is 24.0 Å². The maximum Gasteiger partial charge on any atom is 0.319 e. The van der Waals surface area contributed by atoms with Crippen LogP contribution in [0.25, 0.3) is 0 Å². The Kier molecular flexibility index (Phi) is 8.70. The van der Waals surface area contributed by atoms with Crippen molar-refractivity contribution in [2.24, 2.45) is 5.92 Å². The highest BCUT2D eigenvalue weighted by Crippen LogP contribution is 2.40. The second-order valence-electron chi connectivity index (χ2n) is 6.01. The van der Waals surface area contributed by atoms with Crippen LogP contribution in [0.15, 0.2) is 39.3 Å². The van der Waals surface area contributed by atoms with Gasteiger partial charge in [-0.15, -0.1) is 0 Å². The molecule has 154 valence electrons. The van der Waals surface area contributed by atoms with E-state index >= 15 is 0 Å². The molecule has 2 amide bonds. The van der Waals surface area contributed by atoms with Crippen LogP contribution in [0, 0.1) is 17.2 Å². The van der Waals surface area contributed by atoms with Gasteiger partial charge < -0.3 is 20.1 Å². The summed E-state index contributed by atoms with van der Waals surface area (Å²) in [5.74, 6) is -3.61. The summed E-state index contributed by atoms with van der Waals surface area (Å²) in [6.07, 6.45) is 0. The maximum absolute atomic E-state index is 12.7. The molecule has 0 saturated heterocycles. The van der Waals surface area contributed by atoms with Crippen molar-refractivity contribution in [1.82, 2.24) is 10.6 Å². The fraction of sp³-hybridized carbons (Fsp3) is 0.368. The van der Waals surface area contributed by atoms with Gasteiger partial charge >= 0.3 is 5.97 Å². The first-order chi connectivity index (χ1) is 13.9. The molecule has 1 heterocycles. The van der Waals surface area contributed by atoms with E-state index < -0.39 is 23.7 Å². The fourth-order valence-corrected chi connectivity index (χ4v) is 4.16. The van der Waals surface area contributed by atoms with Crippen molar-refractivity contribution in [2.45, 2.75) is 5.92 Å². The van der Waals surface area contributed by atoms with Crippen molar-refractivity contribution in [2.75, 3.05) is 33.1 Å². The second-order valence-corrected chi connectivity index (χ2v) is 7.91. The summed E-state index contributed by atoms with van der Waals surface area (Å²) in [4.78, 5) is 37.0. The van der Waals surface area contributed by atoms with Crippen LogP contribution in [0.1, 0.15) is 11.5 Å². The van der Waals surface area contributed by atoms with Gasteiger partial charge in [0.15, 0.2) is 0 Å². The van der Waals surface area contributed by atoms with Crippen molar-refractivity contribution < 1.29 is 23.9 Å². The average Bonchev–Trinajstić information content (AvgIpc) is 2.71. The number of esters is 1. The number of hydrogen-bond acceptors (Lipinski definition) is 7. The first-order valence-electron chi connectivity index (χ1n) is 8.59. The molecule has 0 saturated carbocycles. The monoisotopic (exact) mass is 481 g/mol. The zero-order valence-electron chi connectivity index (χ0n) is 15.9. The Morgan fingerprint density at radius 3 is 2.76 bits per heavy atom.